The number of carbonyl (C=O) groups excluding carboxylic acids is 1. The van der Waals surface area contributed by atoms with Crippen LogP contribution in [0.2, 0.25) is 0 Å². The molecule has 0 amide bonds. The normalized spacial score (nSPS) is 11.4. The van der Waals surface area contributed by atoms with Crippen LogP contribution in [0, 0.1) is 0 Å². The van der Waals surface area contributed by atoms with Gasteiger partial charge in [0.15, 0.2) is 0 Å². The van der Waals surface area contributed by atoms with E-state index >= 15 is 0 Å². The van der Waals surface area contributed by atoms with Gasteiger partial charge in [-0.15, -0.1) is 12.4 Å². The van der Waals surface area contributed by atoms with E-state index in [1.807, 2.05) is 0 Å². The lowest BCUT2D eigenvalue weighted by Crippen LogP contribution is -2.42. The molecule has 0 aliphatic heterocycles. The molecule has 0 rings (SSSR count). The molecule has 0 bridgehead atoms. The number of ether oxygens (including phenoxy) is 1. The number of rotatable bonds is 8. The van der Waals surface area contributed by atoms with Crippen LogP contribution in [-0.4, -0.2) is 70.9 Å². The van der Waals surface area contributed by atoms with E-state index in [2.05, 4.69) is 10.1 Å². The average Bonchev–Trinajstić information content (AvgIpc) is 2.31. The summed E-state index contributed by atoms with van der Waals surface area (Å²) >= 11 is 0. The summed E-state index contributed by atoms with van der Waals surface area (Å²) in [6, 6.07) is 0. The third kappa shape index (κ3) is 6.50. The van der Waals surface area contributed by atoms with Crippen molar-refractivity contribution >= 4 is 28.6 Å². The molecular weight excluding hydrogens is 282 g/mol. The first-order valence-electron chi connectivity index (χ1n) is 5.25. The van der Waals surface area contributed by atoms with Crippen molar-refractivity contribution in [3.05, 3.63) is 0 Å². The smallest absolute Gasteiger partial charge is 0.306 e. The van der Waals surface area contributed by atoms with Crippen LogP contribution >= 0.6 is 12.4 Å². The Hall–Kier alpha value is -0.410. The van der Waals surface area contributed by atoms with Crippen LogP contribution in [0.3, 0.4) is 0 Å². The summed E-state index contributed by atoms with van der Waals surface area (Å²) in [7, 11) is 2.47. The molecule has 0 fully saturated rings. The lowest BCUT2D eigenvalue weighted by molar-refractivity contribution is -0.140. The molecule has 0 aromatic carbocycles. The van der Waals surface area contributed by atoms with Crippen molar-refractivity contribution in [2.24, 2.45) is 0 Å². The van der Waals surface area contributed by atoms with Crippen LogP contribution in [0.15, 0.2) is 0 Å². The lowest BCUT2D eigenvalue weighted by atomic mass is 10.4. The zero-order valence-electron chi connectivity index (χ0n) is 11.2. The minimum Gasteiger partial charge on any atom is -0.469 e. The van der Waals surface area contributed by atoms with Crippen LogP contribution in [0.5, 0.6) is 0 Å². The average molecular weight is 304 g/mol. The molecule has 0 atom stereocenters. The first-order valence-corrected chi connectivity index (χ1v) is 6.65. The number of hydrogen-bond donors (Lipinski definition) is 1. The predicted octanol–water partition coefficient (Wildman–Crippen LogP) is -0.701. The number of halogens is 1. The molecule has 0 radical (unpaired) electrons. The number of likely N-dealkylation sites (N-methyl/N-ethyl adjacent to an activating group) is 2. The Morgan fingerprint density at radius 3 is 2.17 bits per heavy atom. The van der Waals surface area contributed by atoms with E-state index in [0.29, 0.717) is 13.1 Å². The molecule has 0 unspecified atom stereocenters. The second-order valence-corrected chi connectivity index (χ2v) is 5.72. The van der Waals surface area contributed by atoms with Gasteiger partial charge < -0.3 is 10.1 Å². The number of nitrogens with zero attached hydrogens (tertiary/aromatic N) is 2. The summed E-state index contributed by atoms with van der Waals surface area (Å²) < 4.78 is 30.6. The standard InChI is InChI=1S/C9H21N3O4S.ClH/c1-10-6-8-12(3)17(14,15)11(2)7-5-9(13)16-4;/h10H,5-8H2,1-4H3;1H. The Bertz CT molecular complexity index is 337. The van der Waals surface area contributed by atoms with Gasteiger partial charge in [0.2, 0.25) is 0 Å². The van der Waals surface area contributed by atoms with Crippen molar-refractivity contribution in [2.45, 2.75) is 6.42 Å². The summed E-state index contributed by atoms with van der Waals surface area (Å²) in [6.07, 6.45) is 0.0477. The molecule has 0 aromatic heterocycles. The third-order valence-electron chi connectivity index (χ3n) is 2.32. The van der Waals surface area contributed by atoms with Gasteiger partial charge in [0.05, 0.1) is 13.5 Å². The summed E-state index contributed by atoms with van der Waals surface area (Å²) in [6.45, 7) is 1.06. The topological polar surface area (TPSA) is 79.0 Å². The van der Waals surface area contributed by atoms with E-state index in [1.165, 1.54) is 25.5 Å². The minimum absolute atomic E-state index is 0. The number of nitrogens with one attached hydrogen (secondary N) is 1. The molecule has 18 heavy (non-hydrogen) atoms. The largest absolute Gasteiger partial charge is 0.469 e. The van der Waals surface area contributed by atoms with E-state index in [1.54, 1.807) is 7.05 Å². The number of carbonyl (C=O) groups is 1. The zero-order chi connectivity index (χ0) is 13.5. The van der Waals surface area contributed by atoms with Gasteiger partial charge in [-0.1, -0.05) is 0 Å². The highest BCUT2D eigenvalue weighted by Gasteiger charge is 2.23. The maximum absolute atomic E-state index is 11.9. The van der Waals surface area contributed by atoms with Crippen molar-refractivity contribution in [2.75, 3.05) is 47.9 Å². The molecule has 0 aliphatic rings. The van der Waals surface area contributed by atoms with Crippen LogP contribution in [0.1, 0.15) is 6.42 Å². The van der Waals surface area contributed by atoms with Crippen LogP contribution in [-0.2, 0) is 19.7 Å². The molecule has 0 spiro atoms. The zero-order valence-corrected chi connectivity index (χ0v) is 12.8. The summed E-state index contributed by atoms with van der Waals surface area (Å²) in [5.41, 5.74) is 0. The molecule has 0 aliphatic carbocycles. The van der Waals surface area contributed by atoms with Gasteiger partial charge in [-0.25, -0.2) is 0 Å². The van der Waals surface area contributed by atoms with Gasteiger partial charge in [-0.05, 0) is 7.05 Å². The van der Waals surface area contributed by atoms with Crippen LogP contribution < -0.4 is 5.32 Å². The number of esters is 1. The van der Waals surface area contributed by atoms with Crippen molar-refractivity contribution in [3.8, 4) is 0 Å². The van der Waals surface area contributed by atoms with Crippen molar-refractivity contribution < 1.29 is 17.9 Å². The van der Waals surface area contributed by atoms with E-state index in [4.69, 9.17) is 0 Å². The van der Waals surface area contributed by atoms with Crippen molar-refractivity contribution in [1.82, 2.24) is 13.9 Å². The quantitative estimate of drug-likeness (QED) is 0.600. The molecule has 0 aromatic rings. The summed E-state index contributed by atoms with van der Waals surface area (Å²) in [4.78, 5) is 10.9. The van der Waals surface area contributed by atoms with Gasteiger partial charge in [0.1, 0.15) is 0 Å². The lowest BCUT2D eigenvalue weighted by Gasteiger charge is -2.23. The fourth-order valence-electron chi connectivity index (χ4n) is 1.09. The fraction of sp³-hybridized carbons (Fsp3) is 0.889. The van der Waals surface area contributed by atoms with Gasteiger partial charge in [0, 0.05) is 33.7 Å². The van der Waals surface area contributed by atoms with Gasteiger partial charge in [0.25, 0.3) is 10.2 Å². The molecule has 0 saturated carbocycles. The summed E-state index contributed by atoms with van der Waals surface area (Å²) in [5.74, 6) is -0.426. The fourth-order valence-corrected chi connectivity index (χ4v) is 2.21. The molecule has 1 N–H and O–H groups in total. The minimum atomic E-state index is -3.50. The van der Waals surface area contributed by atoms with Gasteiger partial charge in [-0.3, -0.25) is 4.79 Å². The third-order valence-corrected chi connectivity index (χ3v) is 4.26. The van der Waals surface area contributed by atoms with Crippen LogP contribution in [0.4, 0.5) is 0 Å². The van der Waals surface area contributed by atoms with E-state index in [9.17, 15) is 13.2 Å². The maximum atomic E-state index is 11.9. The number of methoxy groups -OCH3 is 1. The van der Waals surface area contributed by atoms with Crippen molar-refractivity contribution in [3.63, 3.8) is 0 Å². The van der Waals surface area contributed by atoms with Gasteiger partial charge >= 0.3 is 5.97 Å². The van der Waals surface area contributed by atoms with E-state index < -0.39 is 16.2 Å². The molecule has 9 heteroatoms. The second kappa shape index (κ2) is 9.51. The number of hydrogen-bond acceptors (Lipinski definition) is 5. The van der Waals surface area contributed by atoms with E-state index in [-0.39, 0.29) is 25.4 Å². The summed E-state index contributed by atoms with van der Waals surface area (Å²) in [5, 5.41) is 2.87. The van der Waals surface area contributed by atoms with Crippen molar-refractivity contribution in [1.29, 1.82) is 0 Å². The van der Waals surface area contributed by atoms with E-state index in [0.717, 1.165) is 4.31 Å². The second-order valence-electron chi connectivity index (χ2n) is 3.58. The first kappa shape index (κ1) is 19.9. The highest BCUT2D eigenvalue weighted by molar-refractivity contribution is 7.86. The Morgan fingerprint density at radius 2 is 1.72 bits per heavy atom. The molecule has 0 heterocycles. The maximum Gasteiger partial charge on any atom is 0.306 e. The molecule has 0 saturated heterocycles. The Kier molecular flexibility index (Phi) is 10.5. The SMILES string of the molecule is CNCCN(C)S(=O)(=O)N(C)CCC(=O)OC.Cl. The van der Waals surface area contributed by atoms with Gasteiger partial charge in [-0.2, -0.15) is 17.0 Å². The Labute approximate surface area is 115 Å². The highest BCUT2D eigenvalue weighted by Crippen LogP contribution is 2.04. The Balaban J connectivity index is 0. The highest BCUT2D eigenvalue weighted by atomic mass is 35.5. The van der Waals surface area contributed by atoms with Crippen LogP contribution in [0.25, 0.3) is 0 Å². The molecule has 110 valence electrons. The first-order chi connectivity index (χ1) is 7.86. The molecular formula is C9H22ClN3O4S. The predicted molar refractivity (Wildman–Crippen MR) is 72.0 cm³/mol. The Morgan fingerprint density at radius 1 is 1.22 bits per heavy atom. The monoisotopic (exact) mass is 303 g/mol. The molecule has 7 nitrogen and oxygen atoms in total.